The molecule has 0 fully saturated rings. The second-order valence-corrected chi connectivity index (χ2v) is 5.56. The molecule has 0 amide bonds. The van der Waals surface area contributed by atoms with Crippen molar-refractivity contribution in [1.29, 1.82) is 0 Å². The number of benzene rings is 2. The molecule has 0 heterocycles. The minimum atomic E-state index is -4.40. The van der Waals surface area contributed by atoms with Crippen LogP contribution < -0.4 is 5.32 Å². The maximum Gasteiger partial charge on any atom is 0.416 e. The molecule has 114 valence electrons. The van der Waals surface area contributed by atoms with Crippen LogP contribution in [0.4, 0.5) is 18.9 Å². The summed E-state index contributed by atoms with van der Waals surface area (Å²) in [4.78, 5) is 11.9. The standard InChI is InChI=1S/C16H11F3INO/c17-16(18,19)12-7-5-11(6-8-12)15(22)9-10-21-14-4-2-1-3-13(14)20/h1-10,21H/b10-9-. The predicted molar refractivity (Wildman–Crippen MR) is 87.7 cm³/mol. The number of anilines is 1. The Morgan fingerprint density at radius 1 is 1.05 bits per heavy atom. The molecular formula is C16H11F3INO. The highest BCUT2D eigenvalue weighted by Crippen LogP contribution is 2.29. The van der Waals surface area contributed by atoms with E-state index in [9.17, 15) is 18.0 Å². The van der Waals surface area contributed by atoms with Gasteiger partial charge in [-0.1, -0.05) is 24.3 Å². The van der Waals surface area contributed by atoms with Crippen LogP contribution in [0.3, 0.4) is 0 Å². The van der Waals surface area contributed by atoms with Gasteiger partial charge in [0.1, 0.15) is 0 Å². The van der Waals surface area contributed by atoms with Gasteiger partial charge in [0, 0.05) is 21.4 Å². The van der Waals surface area contributed by atoms with Crippen LogP contribution in [0.5, 0.6) is 0 Å². The summed E-state index contributed by atoms with van der Waals surface area (Å²) in [5, 5.41) is 2.96. The molecule has 2 rings (SSSR count). The highest BCUT2D eigenvalue weighted by atomic mass is 127. The van der Waals surface area contributed by atoms with Gasteiger partial charge >= 0.3 is 6.18 Å². The number of hydrogen-bond donors (Lipinski definition) is 1. The van der Waals surface area contributed by atoms with Crippen molar-refractivity contribution >= 4 is 34.1 Å². The van der Waals surface area contributed by atoms with Crippen molar-refractivity contribution < 1.29 is 18.0 Å². The van der Waals surface area contributed by atoms with Gasteiger partial charge in [0.05, 0.1) is 11.3 Å². The summed E-state index contributed by atoms with van der Waals surface area (Å²) in [6.07, 6.45) is -1.65. The van der Waals surface area contributed by atoms with Gasteiger partial charge < -0.3 is 5.32 Å². The highest BCUT2D eigenvalue weighted by molar-refractivity contribution is 14.1. The van der Waals surface area contributed by atoms with Crippen LogP contribution in [0.15, 0.2) is 60.8 Å². The maximum absolute atomic E-state index is 12.4. The molecule has 0 bridgehead atoms. The van der Waals surface area contributed by atoms with Crippen LogP contribution >= 0.6 is 22.6 Å². The Labute approximate surface area is 139 Å². The minimum absolute atomic E-state index is 0.203. The van der Waals surface area contributed by atoms with E-state index in [0.29, 0.717) is 0 Å². The monoisotopic (exact) mass is 417 g/mol. The van der Waals surface area contributed by atoms with E-state index in [2.05, 4.69) is 27.9 Å². The average Bonchev–Trinajstić information content (AvgIpc) is 2.48. The number of allylic oxidation sites excluding steroid dienone is 1. The predicted octanol–water partition coefficient (Wildman–Crippen LogP) is 5.12. The van der Waals surface area contributed by atoms with Crippen LogP contribution in [-0.2, 0) is 6.18 Å². The topological polar surface area (TPSA) is 29.1 Å². The first-order valence-electron chi connectivity index (χ1n) is 6.27. The SMILES string of the molecule is O=C(/C=C\Nc1ccccc1I)c1ccc(C(F)(F)F)cc1. The van der Waals surface area contributed by atoms with Crippen LogP contribution in [0.1, 0.15) is 15.9 Å². The van der Waals surface area contributed by atoms with E-state index in [1.807, 2.05) is 24.3 Å². The number of halogens is 4. The zero-order chi connectivity index (χ0) is 16.2. The smallest absolute Gasteiger partial charge is 0.361 e. The number of rotatable bonds is 4. The van der Waals surface area contributed by atoms with Gasteiger partial charge in [-0.25, -0.2) is 0 Å². The van der Waals surface area contributed by atoms with Crippen molar-refractivity contribution in [2.75, 3.05) is 5.32 Å². The van der Waals surface area contributed by atoms with Gasteiger partial charge in [0.15, 0.2) is 5.78 Å². The molecule has 2 aromatic carbocycles. The van der Waals surface area contributed by atoms with Crippen molar-refractivity contribution in [3.05, 3.63) is 75.5 Å². The second kappa shape index (κ2) is 6.95. The molecular weight excluding hydrogens is 406 g/mol. The summed E-state index contributed by atoms with van der Waals surface area (Å²) in [6, 6.07) is 11.6. The van der Waals surface area contributed by atoms with Gasteiger partial charge in [0.2, 0.25) is 0 Å². The highest BCUT2D eigenvalue weighted by Gasteiger charge is 2.30. The molecule has 0 unspecified atom stereocenters. The van der Waals surface area contributed by atoms with E-state index >= 15 is 0 Å². The maximum atomic E-state index is 12.4. The molecule has 0 aromatic heterocycles. The van der Waals surface area contributed by atoms with Crippen molar-refractivity contribution in [2.45, 2.75) is 6.18 Å². The molecule has 1 N–H and O–H groups in total. The second-order valence-electron chi connectivity index (χ2n) is 4.40. The molecule has 22 heavy (non-hydrogen) atoms. The lowest BCUT2D eigenvalue weighted by Crippen LogP contribution is -2.05. The Hall–Kier alpha value is -1.83. The third kappa shape index (κ3) is 4.33. The Morgan fingerprint density at radius 3 is 2.27 bits per heavy atom. The van der Waals surface area contributed by atoms with E-state index in [-0.39, 0.29) is 11.3 Å². The average molecular weight is 417 g/mol. The minimum Gasteiger partial charge on any atom is -0.361 e. The zero-order valence-electron chi connectivity index (χ0n) is 11.2. The number of para-hydroxylation sites is 1. The Kier molecular flexibility index (Phi) is 5.23. The molecule has 0 spiro atoms. The molecule has 0 saturated carbocycles. The Balaban J connectivity index is 2.03. The zero-order valence-corrected chi connectivity index (χ0v) is 13.4. The first-order chi connectivity index (χ1) is 10.4. The fourth-order valence-corrected chi connectivity index (χ4v) is 2.25. The molecule has 2 nitrogen and oxygen atoms in total. The molecule has 2 aromatic rings. The van der Waals surface area contributed by atoms with Gasteiger partial charge in [-0.15, -0.1) is 0 Å². The molecule has 6 heteroatoms. The lowest BCUT2D eigenvalue weighted by Gasteiger charge is -2.06. The largest absolute Gasteiger partial charge is 0.416 e. The van der Waals surface area contributed by atoms with Crippen molar-refractivity contribution in [1.82, 2.24) is 0 Å². The van der Waals surface area contributed by atoms with Crippen molar-refractivity contribution in [3.63, 3.8) is 0 Å². The number of carbonyl (C=O) groups is 1. The van der Waals surface area contributed by atoms with Gasteiger partial charge in [-0.3, -0.25) is 4.79 Å². The fraction of sp³-hybridized carbons (Fsp3) is 0.0625. The first-order valence-corrected chi connectivity index (χ1v) is 7.35. The van der Waals surface area contributed by atoms with Gasteiger partial charge in [-0.05, 0) is 46.9 Å². The molecule has 0 aliphatic rings. The van der Waals surface area contributed by atoms with E-state index < -0.39 is 11.7 Å². The summed E-state index contributed by atoms with van der Waals surface area (Å²) < 4.78 is 38.3. The van der Waals surface area contributed by atoms with Gasteiger partial charge in [0.25, 0.3) is 0 Å². The number of nitrogens with one attached hydrogen (secondary N) is 1. The Bertz CT molecular complexity index is 693. The lowest BCUT2D eigenvalue weighted by atomic mass is 10.1. The lowest BCUT2D eigenvalue weighted by molar-refractivity contribution is -0.137. The molecule has 0 atom stereocenters. The summed E-state index contributed by atoms with van der Waals surface area (Å²) in [5.74, 6) is -0.368. The van der Waals surface area contributed by atoms with Crippen molar-refractivity contribution in [2.24, 2.45) is 0 Å². The Morgan fingerprint density at radius 2 is 1.68 bits per heavy atom. The number of alkyl halides is 3. The molecule has 0 aliphatic carbocycles. The van der Waals surface area contributed by atoms with Crippen LogP contribution in [0, 0.1) is 3.57 Å². The number of hydrogen-bond acceptors (Lipinski definition) is 2. The van der Waals surface area contributed by atoms with E-state index in [4.69, 9.17) is 0 Å². The summed E-state index contributed by atoms with van der Waals surface area (Å²) in [5.41, 5.74) is 0.276. The van der Waals surface area contributed by atoms with Crippen molar-refractivity contribution in [3.8, 4) is 0 Å². The summed E-state index contributed by atoms with van der Waals surface area (Å²) >= 11 is 2.15. The number of ketones is 1. The summed E-state index contributed by atoms with van der Waals surface area (Å²) in [6.45, 7) is 0. The van der Waals surface area contributed by atoms with Gasteiger partial charge in [-0.2, -0.15) is 13.2 Å². The van der Waals surface area contributed by atoms with E-state index in [1.54, 1.807) is 0 Å². The fourth-order valence-electron chi connectivity index (χ4n) is 1.71. The molecule has 0 radical (unpaired) electrons. The van der Waals surface area contributed by atoms with E-state index in [1.165, 1.54) is 24.4 Å². The quantitative estimate of drug-likeness (QED) is 0.425. The van der Waals surface area contributed by atoms with Crippen LogP contribution in [-0.4, -0.2) is 5.78 Å². The third-order valence-electron chi connectivity index (χ3n) is 2.84. The van der Waals surface area contributed by atoms with E-state index in [0.717, 1.165) is 21.4 Å². The number of carbonyl (C=O) groups excluding carboxylic acids is 1. The third-order valence-corrected chi connectivity index (χ3v) is 3.78. The first kappa shape index (κ1) is 16.5. The van der Waals surface area contributed by atoms with Crippen LogP contribution in [0.2, 0.25) is 0 Å². The normalized spacial score (nSPS) is 11.6. The molecule has 0 saturated heterocycles. The van der Waals surface area contributed by atoms with Crippen LogP contribution in [0.25, 0.3) is 0 Å². The molecule has 0 aliphatic heterocycles. The summed E-state index contributed by atoms with van der Waals surface area (Å²) in [7, 11) is 0.